The van der Waals surface area contributed by atoms with Crippen molar-refractivity contribution in [2.45, 2.75) is 0 Å². The molecule has 5 heteroatoms. The van der Waals surface area contributed by atoms with Crippen LogP contribution in [0.25, 0.3) is 10.1 Å². The number of carbonyl (C=O) groups excluding carboxylic acids is 1. The molecule has 0 saturated heterocycles. The Bertz CT molecular complexity index is 740. The highest BCUT2D eigenvalue weighted by Crippen LogP contribution is 2.27. The van der Waals surface area contributed by atoms with E-state index in [0.717, 1.165) is 4.70 Å². The van der Waals surface area contributed by atoms with Gasteiger partial charge in [-0.1, -0.05) is 12.1 Å². The summed E-state index contributed by atoms with van der Waals surface area (Å²) >= 11 is 1.26. The van der Waals surface area contributed by atoms with Crippen LogP contribution in [0.2, 0.25) is 0 Å². The normalized spacial score (nSPS) is 10.6. The minimum Gasteiger partial charge on any atom is -0.306 e. The molecule has 0 fully saturated rings. The van der Waals surface area contributed by atoms with Gasteiger partial charge in [-0.3, -0.25) is 4.79 Å². The summed E-state index contributed by atoms with van der Waals surface area (Å²) in [5, 5.41) is 3.15. The van der Waals surface area contributed by atoms with Crippen LogP contribution >= 0.6 is 11.3 Å². The smallest absolute Gasteiger partial charge is 0.266 e. The molecule has 0 bridgehead atoms. The third-order valence-corrected chi connectivity index (χ3v) is 3.74. The summed E-state index contributed by atoms with van der Waals surface area (Å²) < 4.78 is 14.3. The van der Waals surface area contributed by atoms with Gasteiger partial charge in [0.1, 0.15) is 11.6 Å². The van der Waals surface area contributed by atoms with Gasteiger partial charge in [0.15, 0.2) is 0 Å². The fraction of sp³-hybridized carbons (Fsp3) is 0. The average Bonchev–Trinajstić information content (AvgIpc) is 2.85. The number of hydrogen-bond acceptors (Lipinski definition) is 3. The van der Waals surface area contributed by atoms with Gasteiger partial charge in [-0.25, -0.2) is 9.37 Å². The molecular formula is C14H9FN2OS. The Balaban J connectivity index is 1.92. The van der Waals surface area contributed by atoms with Gasteiger partial charge in [0.25, 0.3) is 5.91 Å². The fourth-order valence-electron chi connectivity index (χ4n) is 1.75. The van der Waals surface area contributed by atoms with Crippen molar-refractivity contribution in [3.05, 3.63) is 59.4 Å². The van der Waals surface area contributed by atoms with Gasteiger partial charge >= 0.3 is 0 Å². The number of amides is 1. The molecule has 2 aromatic heterocycles. The lowest BCUT2D eigenvalue weighted by atomic mass is 10.2. The van der Waals surface area contributed by atoms with Crippen LogP contribution in [0.4, 0.5) is 10.2 Å². The average molecular weight is 272 g/mol. The van der Waals surface area contributed by atoms with Crippen LogP contribution in [-0.4, -0.2) is 10.9 Å². The van der Waals surface area contributed by atoms with E-state index in [2.05, 4.69) is 10.3 Å². The second-order valence-electron chi connectivity index (χ2n) is 3.93. The lowest BCUT2D eigenvalue weighted by Gasteiger charge is -2.00. The first-order valence-electron chi connectivity index (χ1n) is 5.64. The van der Waals surface area contributed by atoms with Gasteiger partial charge in [-0.05, 0) is 30.3 Å². The number of nitrogens with one attached hydrogen (secondary N) is 1. The van der Waals surface area contributed by atoms with Crippen molar-refractivity contribution >= 4 is 33.1 Å². The molecule has 0 aliphatic rings. The van der Waals surface area contributed by atoms with E-state index in [4.69, 9.17) is 0 Å². The van der Waals surface area contributed by atoms with E-state index in [0.29, 0.717) is 16.1 Å². The number of rotatable bonds is 2. The Morgan fingerprint density at radius 2 is 2.11 bits per heavy atom. The van der Waals surface area contributed by atoms with Crippen LogP contribution in [0.3, 0.4) is 0 Å². The highest BCUT2D eigenvalue weighted by molar-refractivity contribution is 7.20. The number of benzene rings is 1. The van der Waals surface area contributed by atoms with Crippen molar-refractivity contribution in [1.29, 1.82) is 0 Å². The fourth-order valence-corrected chi connectivity index (χ4v) is 2.72. The largest absolute Gasteiger partial charge is 0.306 e. The number of thiophene rings is 1. The van der Waals surface area contributed by atoms with E-state index in [1.807, 2.05) is 0 Å². The molecule has 1 amide bonds. The van der Waals surface area contributed by atoms with Crippen LogP contribution in [-0.2, 0) is 0 Å². The molecule has 1 aromatic carbocycles. The Hall–Kier alpha value is -2.27. The van der Waals surface area contributed by atoms with Crippen molar-refractivity contribution in [3.8, 4) is 0 Å². The molecule has 2 heterocycles. The number of halogens is 1. The summed E-state index contributed by atoms with van der Waals surface area (Å²) in [6.45, 7) is 0. The lowest BCUT2D eigenvalue weighted by Crippen LogP contribution is -2.10. The molecule has 0 radical (unpaired) electrons. The Morgan fingerprint density at radius 1 is 1.21 bits per heavy atom. The topological polar surface area (TPSA) is 42.0 Å². The van der Waals surface area contributed by atoms with Gasteiger partial charge in [0.05, 0.1) is 4.88 Å². The summed E-state index contributed by atoms with van der Waals surface area (Å²) in [5.41, 5.74) is 0. The third-order valence-electron chi connectivity index (χ3n) is 2.64. The van der Waals surface area contributed by atoms with Crippen molar-refractivity contribution in [2.24, 2.45) is 0 Å². The zero-order valence-corrected chi connectivity index (χ0v) is 10.6. The maximum absolute atomic E-state index is 13.6. The van der Waals surface area contributed by atoms with E-state index in [-0.39, 0.29) is 11.7 Å². The molecule has 3 nitrogen and oxygen atoms in total. The van der Waals surface area contributed by atoms with Gasteiger partial charge in [0.2, 0.25) is 0 Å². The van der Waals surface area contributed by atoms with Crippen LogP contribution in [0.5, 0.6) is 0 Å². The molecular weight excluding hydrogens is 263 g/mol. The van der Waals surface area contributed by atoms with Gasteiger partial charge in [0, 0.05) is 16.3 Å². The van der Waals surface area contributed by atoms with E-state index >= 15 is 0 Å². The van der Waals surface area contributed by atoms with Crippen molar-refractivity contribution in [2.75, 3.05) is 5.32 Å². The van der Waals surface area contributed by atoms with Crippen molar-refractivity contribution in [1.82, 2.24) is 4.98 Å². The van der Waals surface area contributed by atoms with Gasteiger partial charge in [-0.15, -0.1) is 11.3 Å². The number of hydrogen-bond donors (Lipinski definition) is 1. The molecule has 3 rings (SSSR count). The third kappa shape index (κ3) is 2.32. The van der Waals surface area contributed by atoms with Crippen LogP contribution < -0.4 is 5.32 Å². The molecule has 0 aliphatic heterocycles. The maximum atomic E-state index is 13.6. The van der Waals surface area contributed by atoms with Crippen LogP contribution in [0, 0.1) is 5.82 Å². The van der Waals surface area contributed by atoms with E-state index in [9.17, 15) is 9.18 Å². The van der Waals surface area contributed by atoms with E-state index in [1.54, 1.807) is 42.6 Å². The number of pyridine rings is 1. The Labute approximate surface area is 112 Å². The number of carbonyl (C=O) groups is 1. The molecule has 0 aliphatic carbocycles. The van der Waals surface area contributed by atoms with Crippen molar-refractivity contribution < 1.29 is 9.18 Å². The maximum Gasteiger partial charge on any atom is 0.266 e. The molecule has 94 valence electrons. The SMILES string of the molecule is O=C(Nc1ccccn1)c1cc2c(F)cccc2s1. The molecule has 0 spiro atoms. The van der Waals surface area contributed by atoms with E-state index in [1.165, 1.54) is 17.4 Å². The molecule has 3 aromatic rings. The first-order chi connectivity index (χ1) is 9.24. The minimum absolute atomic E-state index is 0.278. The predicted octanol–water partition coefficient (Wildman–Crippen LogP) is 3.69. The zero-order valence-electron chi connectivity index (χ0n) is 9.76. The van der Waals surface area contributed by atoms with Crippen LogP contribution in [0.15, 0.2) is 48.7 Å². The molecule has 0 saturated carbocycles. The number of fused-ring (bicyclic) bond motifs is 1. The quantitative estimate of drug-likeness (QED) is 0.773. The first-order valence-corrected chi connectivity index (χ1v) is 6.46. The molecule has 19 heavy (non-hydrogen) atoms. The first kappa shape index (κ1) is 11.8. The zero-order chi connectivity index (χ0) is 13.2. The van der Waals surface area contributed by atoms with E-state index < -0.39 is 0 Å². The number of anilines is 1. The Morgan fingerprint density at radius 3 is 2.84 bits per heavy atom. The van der Waals surface area contributed by atoms with Gasteiger partial charge in [-0.2, -0.15) is 0 Å². The minimum atomic E-state index is -0.314. The molecule has 0 unspecified atom stereocenters. The second-order valence-corrected chi connectivity index (χ2v) is 5.02. The number of aromatic nitrogens is 1. The summed E-state index contributed by atoms with van der Waals surface area (Å²) in [6.07, 6.45) is 1.60. The predicted molar refractivity (Wildman–Crippen MR) is 74.0 cm³/mol. The highest BCUT2D eigenvalue weighted by Gasteiger charge is 2.12. The summed E-state index contributed by atoms with van der Waals surface area (Å²) in [4.78, 5) is 16.5. The second kappa shape index (κ2) is 4.78. The standard InChI is InChI=1S/C14H9FN2OS/c15-10-4-3-5-11-9(10)8-12(19-11)14(18)17-13-6-1-2-7-16-13/h1-8H,(H,16,17,18). The summed E-state index contributed by atoms with van der Waals surface area (Å²) in [6, 6.07) is 11.6. The lowest BCUT2D eigenvalue weighted by molar-refractivity contribution is 0.103. The molecule has 0 atom stereocenters. The highest BCUT2D eigenvalue weighted by atomic mass is 32.1. The van der Waals surface area contributed by atoms with Crippen molar-refractivity contribution in [3.63, 3.8) is 0 Å². The summed E-state index contributed by atoms with van der Waals surface area (Å²) in [7, 11) is 0. The van der Waals surface area contributed by atoms with Crippen LogP contribution in [0.1, 0.15) is 9.67 Å². The van der Waals surface area contributed by atoms with Gasteiger partial charge < -0.3 is 5.32 Å². The summed E-state index contributed by atoms with van der Waals surface area (Å²) in [5.74, 6) is -0.115. The Kier molecular flexibility index (Phi) is 2.97. The monoisotopic (exact) mass is 272 g/mol. The molecule has 1 N–H and O–H groups in total. The number of nitrogens with zero attached hydrogens (tertiary/aromatic N) is 1.